The summed E-state index contributed by atoms with van der Waals surface area (Å²) in [4.78, 5) is 20.7. The number of hydrogen-bond donors (Lipinski definition) is 0. The molecule has 0 bridgehead atoms. The third-order valence-corrected chi connectivity index (χ3v) is 8.32. The Morgan fingerprint density at radius 2 is 1.94 bits per heavy atom. The molecule has 4 aromatic rings. The van der Waals surface area contributed by atoms with E-state index < -0.39 is 0 Å². The lowest BCUT2D eigenvalue weighted by Gasteiger charge is -2.30. The number of rotatable bonds is 4. The predicted molar refractivity (Wildman–Crippen MR) is 137 cm³/mol. The molecule has 1 aliphatic carbocycles. The lowest BCUT2D eigenvalue weighted by Crippen LogP contribution is -2.38. The Balaban J connectivity index is 1.59. The molecule has 0 saturated heterocycles. The maximum atomic E-state index is 13.8. The first-order chi connectivity index (χ1) is 16.7. The summed E-state index contributed by atoms with van der Waals surface area (Å²) in [5.41, 5.74) is 5.55. The van der Waals surface area contributed by atoms with E-state index >= 15 is 0 Å². The molecule has 5 nitrogen and oxygen atoms in total. The smallest absolute Gasteiger partial charge is 0.271 e. The van der Waals surface area contributed by atoms with Gasteiger partial charge in [-0.3, -0.25) is 9.36 Å². The number of nitrogens with zero attached hydrogens (tertiary/aromatic N) is 2. The van der Waals surface area contributed by atoms with Crippen LogP contribution in [0.25, 0.3) is 11.8 Å². The second-order valence-electron chi connectivity index (χ2n) is 8.24. The molecule has 0 radical (unpaired) electrons. The normalized spacial score (nSPS) is 17.0. The highest BCUT2D eigenvalue weighted by Gasteiger charge is 2.33. The van der Waals surface area contributed by atoms with Crippen LogP contribution in [0.15, 0.2) is 75.3 Å². The van der Waals surface area contributed by atoms with Crippen molar-refractivity contribution < 1.29 is 9.47 Å². The number of methoxy groups -OCH3 is 2. The van der Waals surface area contributed by atoms with E-state index in [2.05, 4.69) is 41.8 Å². The van der Waals surface area contributed by atoms with Gasteiger partial charge in [0.15, 0.2) is 4.80 Å². The largest absolute Gasteiger partial charge is 0.497 e. The number of thiazole rings is 1. The minimum Gasteiger partial charge on any atom is -0.497 e. The lowest BCUT2D eigenvalue weighted by molar-refractivity contribution is 0.393. The lowest BCUT2D eigenvalue weighted by atomic mass is 9.85. The van der Waals surface area contributed by atoms with E-state index in [9.17, 15) is 4.79 Å². The van der Waals surface area contributed by atoms with Crippen LogP contribution in [0, 0.1) is 0 Å². The third-order valence-electron chi connectivity index (χ3n) is 6.41. The summed E-state index contributed by atoms with van der Waals surface area (Å²) in [6.07, 6.45) is 3.75. The van der Waals surface area contributed by atoms with Gasteiger partial charge in [-0.2, -0.15) is 0 Å². The number of benzene rings is 2. The third kappa shape index (κ3) is 3.35. The molecule has 0 fully saturated rings. The van der Waals surface area contributed by atoms with Gasteiger partial charge in [-0.15, -0.1) is 11.3 Å². The monoisotopic (exact) mass is 486 g/mol. The van der Waals surface area contributed by atoms with Gasteiger partial charge in [-0.05, 0) is 53.6 Å². The second-order valence-corrected chi connectivity index (χ2v) is 10.2. The van der Waals surface area contributed by atoms with Crippen molar-refractivity contribution >= 4 is 34.4 Å². The van der Waals surface area contributed by atoms with Gasteiger partial charge in [-0.1, -0.05) is 41.7 Å². The second kappa shape index (κ2) is 8.42. The molecule has 34 heavy (non-hydrogen) atoms. The van der Waals surface area contributed by atoms with Gasteiger partial charge in [0.1, 0.15) is 11.5 Å². The number of aromatic nitrogens is 1. The number of ether oxygens (including phenoxy) is 2. The van der Waals surface area contributed by atoms with Crippen LogP contribution < -0.4 is 24.4 Å². The summed E-state index contributed by atoms with van der Waals surface area (Å²) < 4.78 is 13.4. The molecule has 3 heterocycles. The minimum absolute atomic E-state index is 0.0228. The first-order valence-electron chi connectivity index (χ1n) is 11.1. The number of thiophene rings is 1. The van der Waals surface area contributed by atoms with Crippen molar-refractivity contribution in [3.05, 3.63) is 107 Å². The zero-order chi connectivity index (χ0) is 23.2. The highest BCUT2D eigenvalue weighted by molar-refractivity contribution is 7.10. The molecule has 0 N–H and O–H groups in total. The Labute approximate surface area is 204 Å². The standard InChI is InChI=1S/C27H22N2O3S2/c1-31-18-11-9-17(21(15-18)32-2)14-23-26(30)29-25(22-8-5-13-33-22)20-12-10-16-6-3-4-7-19(16)24(20)28-27(29)34-23/h3-9,11,13-15,25H,10,12H2,1-2H3. The van der Waals surface area contributed by atoms with E-state index in [0.29, 0.717) is 16.0 Å². The SMILES string of the molecule is COc1ccc(C=c2sc3n(c2=O)C(c2cccs2)C2=C(N=3)c3ccccc3CC2)c(OC)c1. The van der Waals surface area contributed by atoms with E-state index in [1.807, 2.05) is 28.8 Å². The highest BCUT2D eigenvalue weighted by atomic mass is 32.1. The van der Waals surface area contributed by atoms with Crippen LogP contribution in [-0.2, 0) is 6.42 Å². The zero-order valence-corrected chi connectivity index (χ0v) is 20.4. The molecule has 0 amide bonds. The average molecular weight is 487 g/mol. The Morgan fingerprint density at radius 1 is 1.06 bits per heavy atom. The number of hydrogen-bond acceptors (Lipinski definition) is 6. The summed E-state index contributed by atoms with van der Waals surface area (Å²) in [5.74, 6) is 1.37. The minimum atomic E-state index is -0.125. The number of allylic oxidation sites excluding steroid dienone is 1. The molecular weight excluding hydrogens is 464 g/mol. The summed E-state index contributed by atoms with van der Waals surface area (Å²) in [6.45, 7) is 0. The Kier molecular flexibility index (Phi) is 5.23. The van der Waals surface area contributed by atoms with Gasteiger partial charge in [0.05, 0.1) is 30.5 Å². The molecule has 170 valence electrons. The van der Waals surface area contributed by atoms with Gasteiger partial charge >= 0.3 is 0 Å². The van der Waals surface area contributed by atoms with Crippen molar-refractivity contribution in [1.82, 2.24) is 4.57 Å². The highest BCUT2D eigenvalue weighted by Crippen LogP contribution is 2.42. The van der Waals surface area contributed by atoms with Crippen molar-refractivity contribution in [3.8, 4) is 11.5 Å². The maximum Gasteiger partial charge on any atom is 0.271 e. The van der Waals surface area contributed by atoms with Gasteiger partial charge in [0.2, 0.25) is 0 Å². The Hall–Kier alpha value is -3.42. The van der Waals surface area contributed by atoms with E-state index in [0.717, 1.165) is 33.8 Å². The molecular formula is C27H22N2O3S2. The summed E-state index contributed by atoms with van der Waals surface area (Å²) in [5, 5.41) is 2.07. The van der Waals surface area contributed by atoms with Crippen LogP contribution in [0.1, 0.15) is 34.0 Å². The number of fused-ring (bicyclic) bond motifs is 3. The molecule has 1 atom stereocenters. The Morgan fingerprint density at radius 3 is 2.74 bits per heavy atom. The van der Waals surface area contributed by atoms with E-state index in [-0.39, 0.29) is 11.6 Å². The van der Waals surface area contributed by atoms with Crippen LogP contribution in [-0.4, -0.2) is 18.8 Å². The molecule has 6 rings (SSSR count). The summed E-state index contributed by atoms with van der Waals surface area (Å²) in [6, 6.07) is 18.1. The van der Waals surface area contributed by atoms with Crippen LogP contribution >= 0.6 is 22.7 Å². The van der Waals surface area contributed by atoms with Crippen molar-refractivity contribution in [3.63, 3.8) is 0 Å². The number of aryl methyl sites for hydroxylation is 1. The fourth-order valence-corrected chi connectivity index (χ4v) is 6.64. The summed E-state index contributed by atoms with van der Waals surface area (Å²) >= 11 is 3.12. The maximum absolute atomic E-state index is 13.8. The molecule has 1 unspecified atom stereocenters. The predicted octanol–water partition coefficient (Wildman–Crippen LogP) is 4.40. The first-order valence-corrected chi connectivity index (χ1v) is 12.8. The van der Waals surface area contributed by atoms with E-state index in [4.69, 9.17) is 14.5 Å². The summed E-state index contributed by atoms with van der Waals surface area (Å²) in [7, 11) is 3.24. The molecule has 2 aromatic carbocycles. The molecule has 2 aliphatic rings. The van der Waals surface area contributed by atoms with Gasteiger partial charge in [0.25, 0.3) is 5.56 Å². The molecule has 7 heteroatoms. The van der Waals surface area contributed by atoms with Crippen LogP contribution in [0.5, 0.6) is 11.5 Å². The quantitative estimate of drug-likeness (QED) is 0.430. The van der Waals surface area contributed by atoms with Crippen molar-refractivity contribution in [2.75, 3.05) is 14.2 Å². The molecule has 0 spiro atoms. The van der Waals surface area contributed by atoms with Crippen LogP contribution in [0.3, 0.4) is 0 Å². The molecule has 0 saturated carbocycles. The average Bonchev–Trinajstić information content (AvgIpc) is 3.51. The fourth-order valence-electron chi connectivity index (χ4n) is 4.80. The van der Waals surface area contributed by atoms with Crippen molar-refractivity contribution in [2.45, 2.75) is 18.9 Å². The van der Waals surface area contributed by atoms with Gasteiger partial charge < -0.3 is 9.47 Å². The van der Waals surface area contributed by atoms with Gasteiger partial charge in [-0.25, -0.2) is 4.99 Å². The molecule has 1 aliphatic heterocycles. The van der Waals surface area contributed by atoms with Gasteiger partial charge in [0, 0.05) is 22.1 Å². The van der Waals surface area contributed by atoms with Crippen molar-refractivity contribution in [2.24, 2.45) is 4.99 Å². The van der Waals surface area contributed by atoms with Crippen molar-refractivity contribution in [1.29, 1.82) is 0 Å². The van der Waals surface area contributed by atoms with Crippen LogP contribution in [0.4, 0.5) is 0 Å². The van der Waals surface area contributed by atoms with E-state index in [1.165, 1.54) is 28.0 Å². The molecule has 2 aromatic heterocycles. The zero-order valence-electron chi connectivity index (χ0n) is 18.8. The fraction of sp³-hybridized carbons (Fsp3) is 0.185. The van der Waals surface area contributed by atoms with Crippen LogP contribution in [0.2, 0.25) is 0 Å². The first kappa shape index (κ1) is 21.1. The topological polar surface area (TPSA) is 52.8 Å². The Bertz CT molecular complexity index is 1610. The van der Waals surface area contributed by atoms with E-state index in [1.54, 1.807) is 25.6 Å².